The maximum Gasteiger partial charge on any atom is -1.00 e. The molecule has 0 saturated heterocycles. The van der Waals surface area contributed by atoms with Gasteiger partial charge in [0.1, 0.15) is 0 Å². The van der Waals surface area contributed by atoms with E-state index in [0.29, 0.717) is 5.41 Å². The Hall–Kier alpha value is -2.44. The third-order valence-corrected chi connectivity index (χ3v) is 11.7. The van der Waals surface area contributed by atoms with Crippen LogP contribution in [0, 0.1) is 33.8 Å². The van der Waals surface area contributed by atoms with Crippen LogP contribution in [0.5, 0.6) is 0 Å². The van der Waals surface area contributed by atoms with Gasteiger partial charge in [-0.2, -0.15) is 41.0 Å². The number of aryl methyl sites for hydroxylation is 5. The monoisotopic (exact) mass is 836 g/mol. The fourth-order valence-corrected chi connectivity index (χ4v) is 7.94. The first-order chi connectivity index (χ1) is 24.2. The Labute approximate surface area is 357 Å². The van der Waals surface area contributed by atoms with Crippen molar-refractivity contribution in [3.05, 3.63) is 158 Å². The van der Waals surface area contributed by atoms with Crippen LogP contribution >= 0.6 is 0 Å². The molecule has 0 spiro atoms. The number of halogens is 2. The van der Waals surface area contributed by atoms with Crippen LogP contribution in [-0.4, -0.2) is 3.21 Å². The zero-order chi connectivity index (χ0) is 38.6. The Morgan fingerprint density at radius 3 is 1.61 bits per heavy atom. The Morgan fingerprint density at radius 1 is 0.667 bits per heavy atom. The van der Waals surface area contributed by atoms with Crippen LogP contribution in [-0.2, 0) is 53.3 Å². The topological polar surface area (TPSA) is 0 Å². The van der Waals surface area contributed by atoms with Crippen LogP contribution in [0.2, 0.25) is 0 Å². The van der Waals surface area contributed by atoms with Gasteiger partial charge in [0.25, 0.3) is 0 Å². The Bertz CT molecular complexity index is 1850. The molecule has 288 valence electrons. The van der Waals surface area contributed by atoms with E-state index in [1.54, 1.807) is 0 Å². The van der Waals surface area contributed by atoms with Crippen LogP contribution in [0.4, 0.5) is 0 Å². The molecule has 0 bridgehead atoms. The van der Waals surface area contributed by atoms with Gasteiger partial charge in [-0.3, -0.25) is 0 Å². The molecular formula is C51H64Cl2Zr-2. The first-order valence-electron chi connectivity index (χ1n) is 19.4. The molecule has 0 aromatic heterocycles. The molecule has 0 aliphatic heterocycles. The average Bonchev–Trinajstić information content (AvgIpc) is 3.67. The van der Waals surface area contributed by atoms with Crippen molar-refractivity contribution in [2.24, 2.45) is 0 Å². The normalized spacial score (nSPS) is 11.9. The molecule has 54 heavy (non-hydrogen) atoms. The Kier molecular flexibility index (Phi) is 17.3. The largest absolute Gasteiger partial charge is 1.00 e. The quantitative estimate of drug-likeness (QED) is 0.156. The van der Waals surface area contributed by atoms with Gasteiger partial charge in [0, 0.05) is 0 Å². The predicted molar refractivity (Wildman–Crippen MR) is 225 cm³/mol. The maximum absolute atomic E-state index is 3.69. The van der Waals surface area contributed by atoms with Gasteiger partial charge in [-0.05, 0) is 35.4 Å². The van der Waals surface area contributed by atoms with E-state index in [2.05, 4.69) is 188 Å². The second-order valence-electron chi connectivity index (χ2n) is 18.2. The number of rotatable bonds is 5. The fourth-order valence-electron chi connectivity index (χ4n) is 7.13. The van der Waals surface area contributed by atoms with Gasteiger partial charge in [-0.15, -0.1) is 16.7 Å². The third-order valence-electron chi connectivity index (χ3n) is 10.3. The minimum atomic E-state index is 0. The van der Waals surface area contributed by atoms with E-state index < -0.39 is 0 Å². The molecule has 5 aromatic rings. The van der Waals surface area contributed by atoms with Gasteiger partial charge >= 0.3 is 112 Å². The molecule has 0 saturated carbocycles. The summed E-state index contributed by atoms with van der Waals surface area (Å²) >= 11 is 1.46. The molecule has 0 nitrogen and oxygen atoms in total. The van der Waals surface area contributed by atoms with Crippen LogP contribution in [0.1, 0.15) is 149 Å². The summed E-state index contributed by atoms with van der Waals surface area (Å²) in [7, 11) is 0. The number of hydrogen-bond acceptors (Lipinski definition) is 0. The molecule has 0 fully saturated rings. The van der Waals surface area contributed by atoms with Gasteiger partial charge in [0.15, 0.2) is 0 Å². The molecular weight excluding hydrogens is 775 g/mol. The van der Waals surface area contributed by atoms with E-state index in [0.717, 1.165) is 6.42 Å². The van der Waals surface area contributed by atoms with Crippen molar-refractivity contribution in [2.75, 3.05) is 0 Å². The van der Waals surface area contributed by atoms with Gasteiger partial charge in [-0.25, -0.2) is 6.07 Å². The summed E-state index contributed by atoms with van der Waals surface area (Å²) in [6, 6.07) is 35.4. The van der Waals surface area contributed by atoms with Crippen LogP contribution in [0.25, 0.3) is 11.1 Å². The summed E-state index contributed by atoms with van der Waals surface area (Å²) in [5.41, 5.74) is 20.2. The first kappa shape index (κ1) is 47.7. The van der Waals surface area contributed by atoms with Crippen molar-refractivity contribution in [2.45, 2.75) is 139 Å². The van der Waals surface area contributed by atoms with Gasteiger partial charge in [0.05, 0.1) is 0 Å². The van der Waals surface area contributed by atoms with Crippen molar-refractivity contribution >= 4 is 3.21 Å². The molecule has 0 radical (unpaired) electrons. The summed E-state index contributed by atoms with van der Waals surface area (Å²) in [5.74, 6) is 0. The van der Waals surface area contributed by atoms with Crippen LogP contribution in [0.15, 0.2) is 84.9 Å². The molecule has 0 atom stereocenters. The van der Waals surface area contributed by atoms with Crippen LogP contribution in [0.3, 0.4) is 0 Å². The summed E-state index contributed by atoms with van der Waals surface area (Å²) in [6.45, 7) is 31.5. The molecule has 0 unspecified atom stereocenters. The smallest absolute Gasteiger partial charge is 1.00 e. The molecule has 3 heteroatoms. The number of hydrogen-bond donors (Lipinski definition) is 0. The van der Waals surface area contributed by atoms with Crippen molar-refractivity contribution in [1.29, 1.82) is 0 Å². The van der Waals surface area contributed by atoms with Gasteiger partial charge in [0.2, 0.25) is 0 Å². The second kappa shape index (κ2) is 19.6. The standard InChI is InChI=1S/C23H29.C15H14.C13H21.2ClH.Zr/c1-14-9-16-11-17-10-15(2)21(23(6,7)8)13-19(17)18(16)12-20(14)22(3,4)5;1-12-3-7-14(8-4-12)11-15-9-5-13(2)6-10-15;1-5-6-7-11-8-9-12(10-11)13(2,3)4;;;/h9,12-13H,11H2,1-8H3;3-10H,1-2H3;8-10H,5-7H2,1-4H3;2*1H;/q-1;;-1;;;+2/p-2. The summed E-state index contributed by atoms with van der Waals surface area (Å²) < 4.78 is 1.42. The molecule has 0 N–H and O–H groups in total. The van der Waals surface area contributed by atoms with E-state index >= 15 is 0 Å². The zero-order valence-electron chi connectivity index (χ0n) is 35.7. The van der Waals surface area contributed by atoms with Crippen molar-refractivity contribution in [3.8, 4) is 11.1 Å². The van der Waals surface area contributed by atoms with E-state index in [1.807, 2.05) is 0 Å². The number of benzene rings is 4. The average molecular weight is 839 g/mol. The summed E-state index contributed by atoms with van der Waals surface area (Å²) in [4.78, 5) is 0. The Balaban J connectivity index is 0.000000288. The van der Waals surface area contributed by atoms with Crippen molar-refractivity contribution in [3.63, 3.8) is 0 Å². The Morgan fingerprint density at radius 2 is 1.17 bits per heavy atom. The molecule has 1 aliphatic carbocycles. The van der Waals surface area contributed by atoms with E-state index in [1.165, 1.54) is 125 Å². The molecule has 5 aromatic carbocycles. The molecule has 0 heterocycles. The van der Waals surface area contributed by atoms with Crippen molar-refractivity contribution in [1.82, 2.24) is 0 Å². The molecule has 0 amide bonds. The summed E-state index contributed by atoms with van der Waals surface area (Å²) in [6.07, 6.45) is 4.87. The zero-order valence-corrected chi connectivity index (χ0v) is 39.6. The second-order valence-corrected chi connectivity index (χ2v) is 19.4. The number of fused-ring (bicyclic) bond motifs is 3. The van der Waals surface area contributed by atoms with Gasteiger partial charge in [-0.1, -0.05) is 124 Å². The number of unbranched alkanes of at least 4 members (excludes halogenated alkanes) is 1. The summed E-state index contributed by atoms with van der Waals surface area (Å²) in [5, 5.41) is 0. The minimum Gasteiger partial charge on any atom is -1.00 e. The van der Waals surface area contributed by atoms with Crippen LogP contribution < -0.4 is 24.8 Å². The van der Waals surface area contributed by atoms with E-state index in [4.69, 9.17) is 0 Å². The van der Waals surface area contributed by atoms with Gasteiger partial charge < -0.3 is 24.8 Å². The fraction of sp³-hybridized carbons (Fsp3) is 0.412. The minimum absolute atomic E-state index is 0. The predicted octanol–water partition coefficient (Wildman–Crippen LogP) is 7.74. The third kappa shape index (κ3) is 12.5. The first-order valence-corrected chi connectivity index (χ1v) is 20.6. The van der Waals surface area contributed by atoms with Crippen molar-refractivity contribution < 1.29 is 49.0 Å². The molecule has 1 aliphatic rings. The maximum atomic E-state index is 3.69. The van der Waals surface area contributed by atoms with E-state index in [-0.39, 0.29) is 35.6 Å². The molecule has 6 rings (SSSR count). The SMILES string of the molecule is CCCCc1cc(C(C)(C)C)c[cH-]1.Cc1[c-]c2c(cc1C(C)(C)C)-c1cc(C(C)(C)C)c(C)cc1C2.Cc1ccc([C](=[Zr+2])c2ccc(C)cc2)cc1.[Cl-].[Cl-]. The van der Waals surface area contributed by atoms with E-state index in [9.17, 15) is 0 Å².